The van der Waals surface area contributed by atoms with Crippen molar-refractivity contribution in [3.63, 3.8) is 0 Å². The van der Waals surface area contributed by atoms with Gasteiger partial charge in [0.15, 0.2) is 0 Å². The number of rotatable bonds is 7. The summed E-state index contributed by atoms with van der Waals surface area (Å²) in [4.78, 5) is 21.1. The molecule has 3 aromatic heterocycles. The van der Waals surface area contributed by atoms with Crippen LogP contribution in [0.3, 0.4) is 0 Å². The second kappa shape index (κ2) is 9.19. The second-order valence-electron chi connectivity index (χ2n) is 7.96. The van der Waals surface area contributed by atoms with Gasteiger partial charge in [-0.15, -0.1) is 0 Å². The molecule has 0 atom stereocenters. The van der Waals surface area contributed by atoms with Crippen molar-refractivity contribution in [2.75, 3.05) is 0 Å². The number of pyridine rings is 1. The predicted octanol–water partition coefficient (Wildman–Crippen LogP) is 4.48. The van der Waals surface area contributed by atoms with Crippen molar-refractivity contribution >= 4 is 11.6 Å². The van der Waals surface area contributed by atoms with Crippen LogP contribution in [-0.4, -0.2) is 24.8 Å². The van der Waals surface area contributed by atoms with E-state index in [1.54, 1.807) is 53.4 Å². The minimum atomic E-state index is -0.387. The number of ether oxygens (including phenoxy) is 1. The van der Waals surface area contributed by atoms with Crippen LogP contribution >= 0.6 is 0 Å². The highest BCUT2D eigenvalue weighted by Crippen LogP contribution is 2.17. The number of amides is 1. The van der Waals surface area contributed by atoms with Gasteiger partial charge in [-0.3, -0.25) is 4.79 Å². The Morgan fingerprint density at radius 1 is 1.12 bits per heavy atom. The Morgan fingerprint density at radius 2 is 2.03 bits per heavy atom. The molecule has 0 unspecified atom stereocenters. The molecule has 0 aliphatic rings. The van der Waals surface area contributed by atoms with Gasteiger partial charge in [-0.1, -0.05) is 18.2 Å². The van der Waals surface area contributed by atoms with Crippen LogP contribution in [0.1, 0.15) is 27.2 Å². The molecule has 1 N–H and O–H groups in total. The van der Waals surface area contributed by atoms with Crippen molar-refractivity contribution < 1.29 is 13.9 Å². The molecule has 0 bridgehead atoms. The van der Waals surface area contributed by atoms with Crippen molar-refractivity contribution in [2.45, 2.75) is 20.1 Å². The summed E-state index contributed by atoms with van der Waals surface area (Å²) >= 11 is 0. The summed E-state index contributed by atoms with van der Waals surface area (Å²) in [6.45, 7) is 2.51. The average Bonchev–Trinajstić information content (AvgIpc) is 3.51. The summed E-state index contributed by atoms with van der Waals surface area (Å²) in [5.41, 5.74) is 4.31. The summed E-state index contributed by atoms with van der Waals surface area (Å²) in [6.07, 6.45) is 8.73. The Labute approximate surface area is 195 Å². The van der Waals surface area contributed by atoms with E-state index < -0.39 is 0 Å². The van der Waals surface area contributed by atoms with Gasteiger partial charge < -0.3 is 19.0 Å². The highest BCUT2D eigenvalue weighted by atomic mass is 19.1. The third-order valence-corrected chi connectivity index (χ3v) is 5.38. The number of halogens is 1. The maximum absolute atomic E-state index is 14.4. The van der Waals surface area contributed by atoms with Gasteiger partial charge in [-0.05, 0) is 54.4 Å². The normalized spacial score (nSPS) is 11.0. The minimum absolute atomic E-state index is 0.200. The molecule has 34 heavy (non-hydrogen) atoms. The first-order valence-corrected chi connectivity index (χ1v) is 10.8. The molecule has 0 fully saturated rings. The Bertz CT molecular complexity index is 1460. The van der Waals surface area contributed by atoms with Crippen LogP contribution in [0.2, 0.25) is 0 Å². The summed E-state index contributed by atoms with van der Waals surface area (Å²) in [6, 6.07) is 15.8. The molecule has 0 spiro atoms. The Morgan fingerprint density at radius 3 is 2.85 bits per heavy atom. The lowest BCUT2D eigenvalue weighted by Gasteiger charge is -2.10. The number of nitrogens with zero attached hydrogens (tertiary/aromatic N) is 4. The van der Waals surface area contributed by atoms with E-state index >= 15 is 0 Å². The molecule has 0 aliphatic carbocycles. The van der Waals surface area contributed by atoms with Gasteiger partial charge in [0.05, 0.1) is 17.7 Å². The highest BCUT2D eigenvalue weighted by Gasteiger charge is 2.10. The van der Waals surface area contributed by atoms with Crippen LogP contribution in [-0.2, 0) is 13.2 Å². The average molecular weight is 455 g/mol. The fraction of sp³-hybridized carbons (Fsp3) is 0.115. The molecule has 0 saturated heterocycles. The lowest BCUT2D eigenvalue weighted by atomic mass is 10.1. The Balaban J connectivity index is 1.20. The Kier molecular flexibility index (Phi) is 5.78. The van der Waals surface area contributed by atoms with E-state index in [4.69, 9.17) is 4.74 Å². The van der Waals surface area contributed by atoms with E-state index in [1.807, 2.05) is 35.9 Å². The zero-order valence-corrected chi connectivity index (χ0v) is 18.5. The van der Waals surface area contributed by atoms with E-state index in [1.165, 1.54) is 12.4 Å². The fourth-order valence-corrected chi connectivity index (χ4v) is 3.67. The van der Waals surface area contributed by atoms with E-state index in [9.17, 15) is 9.18 Å². The van der Waals surface area contributed by atoms with Gasteiger partial charge >= 0.3 is 0 Å². The van der Waals surface area contributed by atoms with Gasteiger partial charge in [-0.25, -0.2) is 14.4 Å². The summed E-state index contributed by atoms with van der Waals surface area (Å²) in [7, 11) is 0. The summed E-state index contributed by atoms with van der Waals surface area (Å²) in [5, 5.41) is 2.82. The largest absolute Gasteiger partial charge is 0.487 e. The standard InChI is InChI=1S/C26H22FN5O2/c1-18-5-8-25-30-21(15-32(25)14-18)16-34-22-4-2-3-20(12-22)26(33)29-13-19-6-7-24(23(27)11-19)31-10-9-28-17-31/h2-12,14-15,17H,13,16H2,1H3,(H,29,33). The molecule has 8 heteroatoms. The van der Waals surface area contributed by atoms with Gasteiger partial charge in [0.25, 0.3) is 5.91 Å². The lowest BCUT2D eigenvalue weighted by molar-refractivity contribution is 0.0950. The van der Waals surface area contributed by atoms with Crippen molar-refractivity contribution in [3.8, 4) is 11.4 Å². The maximum atomic E-state index is 14.4. The monoisotopic (exact) mass is 455 g/mol. The first-order valence-electron chi connectivity index (χ1n) is 10.8. The molecule has 5 rings (SSSR count). The molecule has 0 radical (unpaired) electrons. The first-order chi connectivity index (χ1) is 16.5. The number of imidazole rings is 2. The van der Waals surface area contributed by atoms with E-state index in [0.29, 0.717) is 22.6 Å². The number of aryl methyl sites for hydroxylation is 1. The zero-order chi connectivity index (χ0) is 23.5. The predicted molar refractivity (Wildman–Crippen MR) is 125 cm³/mol. The van der Waals surface area contributed by atoms with Gasteiger partial charge in [0, 0.05) is 36.9 Å². The molecule has 1 amide bonds. The third-order valence-electron chi connectivity index (χ3n) is 5.38. The number of carbonyl (C=O) groups is 1. The number of carbonyl (C=O) groups excluding carboxylic acids is 1. The van der Waals surface area contributed by atoms with Crippen molar-refractivity contribution in [3.05, 3.63) is 114 Å². The molecular formula is C26H22FN5O2. The van der Waals surface area contributed by atoms with Crippen LogP contribution in [0.5, 0.6) is 5.75 Å². The number of benzene rings is 2. The second-order valence-corrected chi connectivity index (χ2v) is 7.96. The lowest BCUT2D eigenvalue weighted by Crippen LogP contribution is -2.22. The fourth-order valence-electron chi connectivity index (χ4n) is 3.67. The smallest absolute Gasteiger partial charge is 0.251 e. The molecule has 3 heterocycles. The molecule has 7 nitrogen and oxygen atoms in total. The maximum Gasteiger partial charge on any atom is 0.251 e. The Hall–Kier alpha value is -4.46. The van der Waals surface area contributed by atoms with E-state index in [-0.39, 0.29) is 24.9 Å². The van der Waals surface area contributed by atoms with Gasteiger partial charge in [-0.2, -0.15) is 0 Å². The van der Waals surface area contributed by atoms with Crippen LogP contribution in [0.15, 0.2) is 85.7 Å². The molecule has 0 saturated carbocycles. The minimum Gasteiger partial charge on any atom is -0.487 e. The molecular weight excluding hydrogens is 433 g/mol. The summed E-state index contributed by atoms with van der Waals surface area (Å²) in [5.74, 6) is -0.0911. The van der Waals surface area contributed by atoms with Crippen molar-refractivity contribution in [1.82, 2.24) is 24.3 Å². The highest BCUT2D eigenvalue weighted by molar-refractivity contribution is 5.94. The van der Waals surface area contributed by atoms with Gasteiger partial charge in [0.2, 0.25) is 0 Å². The zero-order valence-electron chi connectivity index (χ0n) is 18.5. The van der Waals surface area contributed by atoms with E-state index in [0.717, 1.165) is 16.9 Å². The molecule has 170 valence electrons. The number of fused-ring (bicyclic) bond motifs is 1. The number of hydrogen-bond donors (Lipinski definition) is 1. The first kappa shape index (κ1) is 21.4. The number of aromatic nitrogens is 4. The van der Waals surface area contributed by atoms with Gasteiger partial charge in [0.1, 0.15) is 23.8 Å². The molecule has 2 aromatic carbocycles. The van der Waals surface area contributed by atoms with Crippen molar-refractivity contribution in [2.24, 2.45) is 0 Å². The third kappa shape index (κ3) is 4.66. The van der Waals surface area contributed by atoms with Crippen molar-refractivity contribution in [1.29, 1.82) is 0 Å². The molecule has 5 aromatic rings. The van der Waals surface area contributed by atoms with Crippen LogP contribution < -0.4 is 10.1 Å². The van der Waals surface area contributed by atoms with Crippen LogP contribution in [0.4, 0.5) is 4.39 Å². The van der Waals surface area contributed by atoms with Crippen LogP contribution in [0, 0.1) is 12.7 Å². The quantitative estimate of drug-likeness (QED) is 0.393. The summed E-state index contributed by atoms with van der Waals surface area (Å²) < 4.78 is 23.9. The number of hydrogen-bond acceptors (Lipinski definition) is 4. The SMILES string of the molecule is Cc1ccc2nc(COc3cccc(C(=O)NCc4ccc(-n5ccnc5)c(F)c4)c3)cn2c1. The number of nitrogens with one attached hydrogen (secondary N) is 1. The van der Waals surface area contributed by atoms with E-state index in [2.05, 4.69) is 15.3 Å². The van der Waals surface area contributed by atoms with Crippen LogP contribution in [0.25, 0.3) is 11.3 Å². The topological polar surface area (TPSA) is 73.4 Å². The molecule has 0 aliphatic heterocycles.